The smallest absolute Gasteiger partial charge is 0.225 e. The van der Waals surface area contributed by atoms with Crippen LogP contribution in [0.15, 0.2) is 48.8 Å². The Morgan fingerprint density at radius 3 is 2.53 bits per heavy atom. The minimum Gasteiger partial charge on any atom is -0.496 e. The van der Waals surface area contributed by atoms with Crippen LogP contribution in [0.1, 0.15) is 50.7 Å². The molecule has 0 aliphatic heterocycles. The normalized spacial score (nSPS) is 20.3. The maximum Gasteiger partial charge on any atom is 0.225 e. The molecule has 0 spiro atoms. The highest BCUT2D eigenvalue weighted by Gasteiger charge is 2.39. The molecule has 1 fully saturated rings. The first-order chi connectivity index (χ1) is 16.3. The molecule has 0 unspecified atom stereocenters. The van der Waals surface area contributed by atoms with Gasteiger partial charge in [0.15, 0.2) is 0 Å². The molecule has 0 radical (unpaired) electrons. The Morgan fingerprint density at radius 2 is 1.88 bits per heavy atom. The van der Waals surface area contributed by atoms with Crippen molar-refractivity contribution in [3.05, 3.63) is 65.7 Å². The average Bonchev–Trinajstić information content (AvgIpc) is 3.48. The molecule has 1 aliphatic carbocycles. The van der Waals surface area contributed by atoms with Crippen LogP contribution in [0.5, 0.6) is 5.75 Å². The number of nitrogens with zero attached hydrogens (tertiary/aromatic N) is 4. The number of aromatic nitrogens is 4. The predicted octanol–water partition coefficient (Wildman–Crippen LogP) is 3.38. The standard InChI is InChI=1S/C25H31FN6O2/c1-25(2,3)24(33)29-21-11-10-20(23(21)16-5-7-18(26)8-6-16)27-14-17-13-19(9-12-22(17)34-4)32-15-28-30-31-32/h5-9,12-13,15,20-21,23,27H,10-11,14H2,1-4H3,(H,29,33)/t20-,21-,23-/m0/s1. The number of halogens is 1. The van der Waals surface area contributed by atoms with Crippen LogP contribution in [0.2, 0.25) is 0 Å². The minimum atomic E-state index is -0.483. The molecule has 1 aromatic heterocycles. The second kappa shape index (κ2) is 9.89. The molecule has 2 aromatic carbocycles. The molecule has 9 heteroatoms. The first-order valence-electron chi connectivity index (χ1n) is 11.5. The van der Waals surface area contributed by atoms with Gasteiger partial charge in [-0.3, -0.25) is 4.79 Å². The van der Waals surface area contributed by atoms with Crippen molar-refractivity contribution in [3.8, 4) is 11.4 Å². The van der Waals surface area contributed by atoms with Gasteiger partial charge in [-0.1, -0.05) is 32.9 Å². The Kier molecular flexibility index (Phi) is 6.92. The molecule has 4 rings (SSSR count). The zero-order valence-corrected chi connectivity index (χ0v) is 20.0. The summed E-state index contributed by atoms with van der Waals surface area (Å²) < 4.78 is 20.8. The lowest BCUT2D eigenvalue weighted by Gasteiger charge is -2.29. The highest BCUT2D eigenvalue weighted by molar-refractivity contribution is 5.81. The van der Waals surface area contributed by atoms with Crippen LogP contribution in [0.3, 0.4) is 0 Å². The van der Waals surface area contributed by atoms with Crippen LogP contribution in [0, 0.1) is 11.2 Å². The molecule has 1 amide bonds. The summed E-state index contributed by atoms with van der Waals surface area (Å²) in [6, 6.07) is 12.4. The Labute approximate surface area is 198 Å². The van der Waals surface area contributed by atoms with E-state index in [0.717, 1.165) is 35.4 Å². The third kappa shape index (κ3) is 5.25. The summed E-state index contributed by atoms with van der Waals surface area (Å²) in [7, 11) is 1.64. The van der Waals surface area contributed by atoms with Gasteiger partial charge in [0.1, 0.15) is 17.9 Å². The summed E-state index contributed by atoms with van der Waals surface area (Å²) in [5, 5.41) is 18.3. The van der Waals surface area contributed by atoms with Gasteiger partial charge in [-0.15, -0.1) is 5.10 Å². The minimum absolute atomic E-state index is 0.0144. The number of tetrazole rings is 1. The largest absolute Gasteiger partial charge is 0.496 e. The third-order valence-corrected chi connectivity index (χ3v) is 6.34. The van der Waals surface area contributed by atoms with E-state index in [1.165, 1.54) is 12.1 Å². The highest BCUT2D eigenvalue weighted by Crippen LogP contribution is 2.36. The van der Waals surface area contributed by atoms with Crippen molar-refractivity contribution in [2.75, 3.05) is 7.11 Å². The molecule has 3 aromatic rings. The van der Waals surface area contributed by atoms with Crippen LogP contribution in [0.4, 0.5) is 4.39 Å². The van der Waals surface area contributed by atoms with Gasteiger partial charge in [-0.25, -0.2) is 9.07 Å². The fourth-order valence-electron chi connectivity index (χ4n) is 4.49. The van der Waals surface area contributed by atoms with Crippen LogP contribution in [0.25, 0.3) is 5.69 Å². The van der Waals surface area contributed by atoms with Gasteiger partial charge in [0.05, 0.1) is 12.8 Å². The summed E-state index contributed by atoms with van der Waals surface area (Å²) in [6.07, 6.45) is 3.26. The lowest BCUT2D eigenvalue weighted by molar-refractivity contribution is -0.129. The molecule has 0 saturated heterocycles. The zero-order chi connectivity index (χ0) is 24.3. The van der Waals surface area contributed by atoms with Crippen molar-refractivity contribution in [2.24, 2.45) is 5.41 Å². The van der Waals surface area contributed by atoms with Crippen molar-refractivity contribution < 1.29 is 13.9 Å². The number of methoxy groups -OCH3 is 1. The second-order valence-electron chi connectivity index (χ2n) is 9.72. The highest BCUT2D eigenvalue weighted by atomic mass is 19.1. The Balaban J connectivity index is 1.56. The lowest BCUT2D eigenvalue weighted by atomic mass is 9.89. The first-order valence-corrected chi connectivity index (χ1v) is 11.5. The van der Waals surface area contributed by atoms with E-state index in [1.54, 1.807) is 18.1 Å². The van der Waals surface area contributed by atoms with Crippen LogP contribution in [-0.2, 0) is 11.3 Å². The first kappa shape index (κ1) is 23.8. The molecule has 0 bridgehead atoms. The monoisotopic (exact) mass is 466 g/mol. The summed E-state index contributed by atoms with van der Waals surface area (Å²) in [4.78, 5) is 12.7. The van der Waals surface area contributed by atoms with E-state index in [0.29, 0.717) is 6.54 Å². The fourth-order valence-corrected chi connectivity index (χ4v) is 4.49. The van der Waals surface area contributed by atoms with Crippen LogP contribution < -0.4 is 15.4 Å². The molecule has 1 saturated carbocycles. The van der Waals surface area contributed by atoms with E-state index in [4.69, 9.17) is 4.74 Å². The van der Waals surface area contributed by atoms with Gasteiger partial charge < -0.3 is 15.4 Å². The van der Waals surface area contributed by atoms with E-state index in [9.17, 15) is 9.18 Å². The summed E-state index contributed by atoms with van der Waals surface area (Å²) >= 11 is 0. The number of carbonyl (C=O) groups is 1. The van der Waals surface area contributed by atoms with E-state index in [-0.39, 0.29) is 29.7 Å². The lowest BCUT2D eigenvalue weighted by Crippen LogP contribution is -2.45. The summed E-state index contributed by atoms with van der Waals surface area (Å²) in [5.74, 6) is 0.519. The molecule has 2 N–H and O–H groups in total. The van der Waals surface area contributed by atoms with Crippen molar-refractivity contribution in [1.29, 1.82) is 0 Å². The summed E-state index contributed by atoms with van der Waals surface area (Å²) in [6.45, 7) is 6.28. The number of nitrogens with one attached hydrogen (secondary N) is 2. The summed E-state index contributed by atoms with van der Waals surface area (Å²) in [5.41, 5.74) is 2.32. The number of hydrogen-bond donors (Lipinski definition) is 2. The number of amides is 1. The van der Waals surface area contributed by atoms with Gasteiger partial charge >= 0.3 is 0 Å². The molecule has 8 nitrogen and oxygen atoms in total. The molecular formula is C25H31FN6O2. The average molecular weight is 467 g/mol. The Hall–Kier alpha value is -3.33. The van der Waals surface area contributed by atoms with Crippen molar-refractivity contribution in [1.82, 2.24) is 30.8 Å². The van der Waals surface area contributed by atoms with E-state index in [2.05, 4.69) is 26.2 Å². The molecule has 3 atom stereocenters. The molecule has 34 heavy (non-hydrogen) atoms. The molecule has 1 heterocycles. The zero-order valence-electron chi connectivity index (χ0n) is 20.0. The van der Waals surface area contributed by atoms with Crippen LogP contribution >= 0.6 is 0 Å². The predicted molar refractivity (Wildman–Crippen MR) is 126 cm³/mol. The number of carbonyl (C=O) groups excluding carboxylic acids is 1. The number of benzene rings is 2. The molecular weight excluding hydrogens is 435 g/mol. The van der Waals surface area contributed by atoms with Gasteiger partial charge in [0.25, 0.3) is 0 Å². The van der Waals surface area contributed by atoms with Crippen LogP contribution in [-0.4, -0.2) is 45.3 Å². The van der Waals surface area contributed by atoms with Gasteiger partial charge in [-0.05, 0) is 59.2 Å². The Morgan fingerprint density at radius 1 is 1.15 bits per heavy atom. The number of rotatable bonds is 7. The van der Waals surface area contributed by atoms with Crippen molar-refractivity contribution in [3.63, 3.8) is 0 Å². The quantitative estimate of drug-likeness (QED) is 0.555. The van der Waals surface area contributed by atoms with Crippen molar-refractivity contribution in [2.45, 2.75) is 58.2 Å². The number of ether oxygens (including phenoxy) is 1. The maximum atomic E-state index is 13.6. The topological polar surface area (TPSA) is 94.0 Å². The SMILES string of the molecule is COc1ccc(-n2cnnn2)cc1CN[C@H]1CC[C@H](NC(=O)C(C)(C)C)[C@H]1c1ccc(F)cc1. The Bertz CT molecular complexity index is 1110. The molecule has 1 aliphatic rings. The molecule has 180 valence electrons. The van der Waals surface area contributed by atoms with Gasteiger partial charge in [-0.2, -0.15) is 0 Å². The van der Waals surface area contributed by atoms with E-state index in [1.807, 2.05) is 51.1 Å². The fraction of sp³-hybridized carbons (Fsp3) is 0.440. The van der Waals surface area contributed by atoms with E-state index >= 15 is 0 Å². The van der Waals surface area contributed by atoms with E-state index < -0.39 is 5.41 Å². The maximum absolute atomic E-state index is 13.6. The van der Waals surface area contributed by atoms with Gasteiger partial charge in [0, 0.05) is 35.5 Å². The third-order valence-electron chi connectivity index (χ3n) is 6.34. The second-order valence-corrected chi connectivity index (χ2v) is 9.72. The van der Waals surface area contributed by atoms with Gasteiger partial charge in [0.2, 0.25) is 5.91 Å². The van der Waals surface area contributed by atoms with Crippen molar-refractivity contribution >= 4 is 5.91 Å². The number of hydrogen-bond acceptors (Lipinski definition) is 6.